The Morgan fingerprint density at radius 1 is 1.47 bits per heavy atom. The van der Waals surface area contributed by atoms with Gasteiger partial charge in [0.05, 0.1) is 0 Å². The molecule has 0 aliphatic carbocycles. The first-order chi connectivity index (χ1) is 7.92. The molecule has 1 N–H and O–H groups in total. The fraction of sp³-hybridized carbons (Fsp3) is 0.923. The SMILES string of the molecule is CCCCNC1CCN(C(=O)OC(C)(C)C)C1. The summed E-state index contributed by atoms with van der Waals surface area (Å²) in [6, 6.07) is 0.439. The van der Waals surface area contributed by atoms with E-state index in [1.807, 2.05) is 20.8 Å². The molecule has 17 heavy (non-hydrogen) atoms. The topological polar surface area (TPSA) is 41.6 Å². The summed E-state index contributed by atoms with van der Waals surface area (Å²) in [7, 11) is 0. The van der Waals surface area contributed by atoms with Gasteiger partial charge in [-0.2, -0.15) is 0 Å². The number of carbonyl (C=O) groups excluding carboxylic acids is 1. The van der Waals surface area contributed by atoms with Crippen LogP contribution in [0.5, 0.6) is 0 Å². The predicted octanol–water partition coefficient (Wildman–Crippen LogP) is 2.39. The van der Waals surface area contributed by atoms with Gasteiger partial charge in [0.15, 0.2) is 0 Å². The van der Waals surface area contributed by atoms with Gasteiger partial charge in [0.2, 0.25) is 0 Å². The number of unbranched alkanes of at least 4 members (excludes halogenated alkanes) is 1. The fourth-order valence-electron chi connectivity index (χ4n) is 1.90. The van der Waals surface area contributed by atoms with E-state index in [0.717, 1.165) is 26.1 Å². The molecular weight excluding hydrogens is 216 g/mol. The zero-order valence-corrected chi connectivity index (χ0v) is 11.6. The molecule has 4 heteroatoms. The number of rotatable bonds is 4. The Morgan fingerprint density at radius 3 is 2.76 bits per heavy atom. The van der Waals surface area contributed by atoms with Gasteiger partial charge in [-0.25, -0.2) is 4.79 Å². The van der Waals surface area contributed by atoms with E-state index in [9.17, 15) is 4.79 Å². The summed E-state index contributed by atoms with van der Waals surface area (Å²) >= 11 is 0. The van der Waals surface area contributed by atoms with Crippen molar-refractivity contribution in [1.82, 2.24) is 10.2 Å². The summed E-state index contributed by atoms with van der Waals surface area (Å²) in [5.74, 6) is 0. The zero-order valence-electron chi connectivity index (χ0n) is 11.6. The van der Waals surface area contributed by atoms with Crippen molar-refractivity contribution in [1.29, 1.82) is 0 Å². The third-order valence-corrected chi connectivity index (χ3v) is 2.80. The van der Waals surface area contributed by atoms with Crippen molar-refractivity contribution in [2.75, 3.05) is 19.6 Å². The van der Waals surface area contributed by atoms with Crippen LogP contribution in [0.4, 0.5) is 4.79 Å². The number of hydrogen-bond donors (Lipinski definition) is 1. The maximum atomic E-state index is 11.8. The van der Waals surface area contributed by atoms with Crippen molar-refractivity contribution in [3.05, 3.63) is 0 Å². The van der Waals surface area contributed by atoms with E-state index in [2.05, 4.69) is 12.2 Å². The number of amides is 1. The summed E-state index contributed by atoms with van der Waals surface area (Å²) in [5, 5.41) is 3.48. The number of likely N-dealkylation sites (tertiary alicyclic amines) is 1. The van der Waals surface area contributed by atoms with Gasteiger partial charge in [0, 0.05) is 19.1 Å². The van der Waals surface area contributed by atoms with Crippen molar-refractivity contribution in [2.24, 2.45) is 0 Å². The molecule has 1 aliphatic rings. The molecule has 1 atom stereocenters. The third-order valence-electron chi connectivity index (χ3n) is 2.80. The van der Waals surface area contributed by atoms with Crippen molar-refractivity contribution < 1.29 is 9.53 Å². The number of nitrogens with one attached hydrogen (secondary N) is 1. The molecule has 0 aromatic heterocycles. The second kappa shape index (κ2) is 6.24. The molecule has 0 saturated carbocycles. The second-order valence-electron chi connectivity index (χ2n) is 5.72. The van der Waals surface area contributed by atoms with Crippen molar-refractivity contribution in [3.8, 4) is 0 Å². The van der Waals surface area contributed by atoms with E-state index < -0.39 is 5.60 Å². The van der Waals surface area contributed by atoms with Crippen LogP contribution in [-0.2, 0) is 4.74 Å². The lowest BCUT2D eigenvalue weighted by Crippen LogP contribution is -2.38. The van der Waals surface area contributed by atoms with Crippen LogP contribution in [-0.4, -0.2) is 42.3 Å². The molecule has 1 fully saturated rings. The zero-order chi connectivity index (χ0) is 12.9. The Balaban J connectivity index is 2.27. The second-order valence-corrected chi connectivity index (χ2v) is 5.72. The van der Waals surface area contributed by atoms with E-state index in [0.29, 0.717) is 6.04 Å². The lowest BCUT2D eigenvalue weighted by molar-refractivity contribution is 0.0291. The fourth-order valence-corrected chi connectivity index (χ4v) is 1.90. The molecule has 0 aromatic rings. The third kappa shape index (κ3) is 5.39. The van der Waals surface area contributed by atoms with Crippen LogP contribution in [0.15, 0.2) is 0 Å². The Bertz CT molecular complexity index is 248. The van der Waals surface area contributed by atoms with Crippen LogP contribution in [0.1, 0.15) is 47.0 Å². The molecule has 0 bridgehead atoms. The number of hydrogen-bond acceptors (Lipinski definition) is 3. The van der Waals surface area contributed by atoms with Crippen LogP contribution in [0.2, 0.25) is 0 Å². The van der Waals surface area contributed by atoms with Gasteiger partial charge in [0.1, 0.15) is 5.60 Å². The average Bonchev–Trinajstić information content (AvgIpc) is 2.64. The molecule has 0 aromatic carbocycles. The van der Waals surface area contributed by atoms with Crippen LogP contribution in [0.3, 0.4) is 0 Å². The molecule has 1 unspecified atom stereocenters. The van der Waals surface area contributed by atoms with E-state index in [1.54, 1.807) is 4.90 Å². The van der Waals surface area contributed by atoms with E-state index in [-0.39, 0.29) is 6.09 Å². The molecule has 1 rings (SSSR count). The monoisotopic (exact) mass is 242 g/mol. The first kappa shape index (κ1) is 14.3. The maximum absolute atomic E-state index is 11.8. The Kier molecular flexibility index (Phi) is 5.25. The highest BCUT2D eigenvalue weighted by Gasteiger charge is 2.29. The smallest absolute Gasteiger partial charge is 0.410 e. The lowest BCUT2D eigenvalue weighted by Gasteiger charge is -2.24. The first-order valence-electron chi connectivity index (χ1n) is 6.63. The number of ether oxygens (including phenoxy) is 1. The summed E-state index contributed by atoms with van der Waals surface area (Å²) in [4.78, 5) is 13.6. The molecule has 1 aliphatic heterocycles. The minimum absolute atomic E-state index is 0.183. The summed E-state index contributed by atoms with van der Waals surface area (Å²) in [6.45, 7) is 10.5. The van der Waals surface area contributed by atoms with Crippen molar-refractivity contribution >= 4 is 6.09 Å². The average molecular weight is 242 g/mol. The first-order valence-corrected chi connectivity index (χ1v) is 6.63. The molecule has 1 saturated heterocycles. The molecule has 4 nitrogen and oxygen atoms in total. The van der Waals surface area contributed by atoms with Gasteiger partial charge in [-0.3, -0.25) is 0 Å². The van der Waals surface area contributed by atoms with Gasteiger partial charge < -0.3 is 15.0 Å². The van der Waals surface area contributed by atoms with Crippen LogP contribution < -0.4 is 5.32 Å². The van der Waals surface area contributed by atoms with Crippen LogP contribution in [0.25, 0.3) is 0 Å². The maximum Gasteiger partial charge on any atom is 0.410 e. The van der Waals surface area contributed by atoms with Crippen LogP contribution in [0, 0.1) is 0 Å². The quantitative estimate of drug-likeness (QED) is 0.770. The van der Waals surface area contributed by atoms with Crippen molar-refractivity contribution in [2.45, 2.75) is 58.6 Å². The highest BCUT2D eigenvalue weighted by Crippen LogP contribution is 2.15. The standard InChI is InChI=1S/C13H26N2O2/c1-5-6-8-14-11-7-9-15(10-11)12(16)17-13(2,3)4/h11,14H,5-10H2,1-4H3. The minimum Gasteiger partial charge on any atom is -0.444 e. The Hall–Kier alpha value is -0.770. The molecule has 100 valence electrons. The van der Waals surface area contributed by atoms with E-state index in [1.165, 1.54) is 12.8 Å². The number of nitrogens with zero attached hydrogens (tertiary/aromatic N) is 1. The molecule has 1 heterocycles. The highest BCUT2D eigenvalue weighted by atomic mass is 16.6. The van der Waals surface area contributed by atoms with Crippen LogP contribution >= 0.6 is 0 Å². The molecular formula is C13H26N2O2. The Morgan fingerprint density at radius 2 is 2.18 bits per heavy atom. The van der Waals surface area contributed by atoms with Gasteiger partial charge >= 0.3 is 6.09 Å². The van der Waals surface area contributed by atoms with Gasteiger partial charge in [-0.15, -0.1) is 0 Å². The predicted molar refractivity (Wildman–Crippen MR) is 69.1 cm³/mol. The minimum atomic E-state index is -0.398. The lowest BCUT2D eigenvalue weighted by atomic mass is 10.2. The van der Waals surface area contributed by atoms with Gasteiger partial charge in [-0.05, 0) is 40.2 Å². The summed E-state index contributed by atoms with van der Waals surface area (Å²) < 4.78 is 5.35. The molecule has 0 spiro atoms. The largest absolute Gasteiger partial charge is 0.444 e. The van der Waals surface area contributed by atoms with Gasteiger partial charge in [-0.1, -0.05) is 13.3 Å². The highest BCUT2D eigenvalue weighted by molar-refractivity contribution is 5.68. The molecule has 1 amide bonds. The van der Waals surface area contributed by atoms with E-state index >= 15 is 0 Å². The summed E-state index contributed by atoms with van der Waals surface area (Å²) in [5.41, 5.74) is -0.398. The van der Waals surface area contributed by atoms with Gasteiger partial charge in [0.25, 0.3) is 0 Å². The molecule has 0 radical (unpaired) electrons. The van der Waals surface area contributed by atoms with Crippen molar-refractivity contribution in [3.63, 3.8) is 0 Å². The van der Waals surface area contributed by atoms with E-state index in [4.69, 9.17) is 4.74 Å². The number of carbonyl (C=O) groups is 1. The Labute approximate surface area is 105 Å². The normalized spacial score (nSPS) is 20.7. The summed E-state index contributed by atoms with van der Waals surface area (Å²) in [6.07, 6.45) is 3.25.